The van der Waals surface area contributed by atoms with E-state index in [1.807, 2.05) is 6.07 Å². The molecule has 1 aromatic heterocycles. The first-order chi connectivity index (χ1) is 10.4. The van der Waals surface area contributed by atoms with Crippen LogP contribution < -0.4 is 10.1 Å². The van der Waals surface area contributed by atoms with E-state index in [1.54, 1.807) is 13.3 Å². The number of rotatable bonds is 4. The van der Waals surface area contributed by atoms with E-state index in [4.69, 9.17) is 4.74 Å². The van der Waals surface area contributed by atoms with Crippen molar-refractivity contribution < 1.29 is 4.74 Å². The molecule has 1 N–H and O–H groups in total. The van der Waals surface area contributed by atoms with Gasteiger partial charge in [-0.15, -0.1) is 0 Å². The Hall–Kier alpha value is -1.87. The van der Waals surface area contributed by atoms with Crippen LogP contribution in [-0.2, 0) is 13.0 Å². The second kappa shape index (κ2) is 6.72. The van der Waals surface area contributed by atoms with Gasteiger partial charge in [-0.05, 0) is 36.5 Å². The summed E-state index contributed by atoms with van der Waals surface area (Å²) in [5.74, 6) is 0.715. The van der Waals surface area contributed by atoms with Gasteiger partial charge < -0.3 is 10.1 Å². The van der Waals surface area contributed by atoms with E-state index in [1.165, 1.54) is 36.8 Å². The van der Waals surface area contributed by atoms with Crippen molar-refractivity contribution in [2.45, 2.75) is 38.3 Å². The van der Waals surface area contributed by atoms with Gasteiger partial charge in [-0.1, -0.05) is 36.8 Å². The van der Waals surface area contributed by atoms with E-state index in [-0.39, 0.29) is 0 Å². The molecule has 1 aromatic carbocycles. The third-order valence-electron chi connectivity index (χ3n) is 4.20. The van der Waals surface area contributed by atoms with Crippen LogP contribution in [0.4, 0.5) is 0 Å². The summed E-state index contributed by atoms with van der Waals surface area (Å²) in [6.07, 6.45) is 6.72. The molecule has 1 heterocycles. The van der Waals surface area contributed by atoms with Crippen molar-refractivity contribution in [1.82, 2.24) is 10.3 Å². The van der Waals surface area contributed by atoms with Crippen molar-refractivity contribution in [3.63, 3.8) is 0 Å². The summed E-state index contributed by atoms with van der Waals surface area (Å²) < 4.78 is 5.33. The van der Waals surface area contributed by atoms with Crippen molar-refractivity contribution in [3.8, 4) is 5.88 Å². The van der Waals surface area contributed by atoms with Gasteiger partial charge in [0.25, 0.3) is 0 Å². The number of aromatic nitrogens is 1. The summed E-state index contributed by atoms with van der Waals surface area (Å²) in [4.78, 5) is 4.26. The molecule has 0 radical (unpaired) electrons. The van der Waals surface area contributed by atoms with E-state index in [0.29, 0.717) is 11.9 Å². The number of nitrogens with zero attached hydrogens (tertiary/aromatic N) is 1. The number of nitrogens with one attached hydrogen (secondary N) is 1. The maximum atomic E-state index is 5.33. The minimum Gasteiger partial charge on any atom is -0.481 e. The van der Waals surface area contributed by atoms with Crippen LogP contribution in [0.25, 0.3) is 0 Å². The van der Waals surface area contributed by atoms with Crippen molar-refractivity contribution >= 4 is 0 Å². The Morgan fingerprint density at radius 2 is 2.10 bits per heavy atom. The largest absolute Gasteiger partial charge is 0.481 e. The highest BCUT2D eigenvalue weighted by molar-refractivity contribution is 5.32. The molecule has 0 aliphatic heterocycles. The SMILES string of the molecule is COc1ncccc1CNC1CCCCc2ccccc21. The Labute approximate surface area is 126 Å². The fraction of sp³-hybridized carbons (Fsp3) is 0.389. The summed E-state index contributed by atoms with van der Waals surface area (Å²) in [7, 11) is 1.67. The van der Waals surface area contributed by atoms with Crippen LogP contribution in [0.2, 0.25) is 0 Å². The average molecular weight is 282 g/mol. The van der Waals surface area contributed by atoms with Crippen molar-refractivity contribution in [3.05, 3.63) is 59.3 Å². The molecule has 2 aromatic rings. The first-order valence-corrected chi connectivity index (χ1v) is 7.67. The Kier molecular flexibility index (Phi) is 4.51. The van der Waals surface area contributed by atoms with Gasteiger partial charge in [0.05, 0.1) is 7.11 Å². The zero-order valence-electron chi connectivity index (χ0n) is 12.5. The van der Waals surface area contributed by atoms with E-state index >= 15 is 0 Å². The highest BCUT2D eigenvalue weighted by Crippen LogP contribution is 2.29. The normalized spacial score (nSPS) is 17.9. The number of methoxy groups -OCH3 is 1. The van der Waals surface area contributed by atoms with Crippen LogP contribution >= 0.6 is 0 Å². The van der Waals surface area contributed by atoms with E-state index in [0.717, 1.165) is 12.1 Å². The lowest BCUT2D eigenvalue weighted by atomic mass is 9.99. The second-order valence-corrected chi connectivity index (χ2v) is 5.55. The lowest BCUT2D eigenvalue weighted by molar-refractivity contribution is 0.387. The number of fused-ring (bicyclic) bond motifs is 1. The number of pyridine rings is 1. The molecule has 0 spiro atoms. The van der Waals surface area contributed by atoms with Crippen LogP contribution in [0, 0.1) is 0 Å². The standard InChI is InChI=1S/C18H22N2O/c1-21-18-15(9-6-12-19-18)13-20-17-11-5-3-8-14-7-2-4-10-16(14)17/h2,4,6-7,9-10,12,17,20H,3,5,8,11,13H2,1H3. The van der Waals surface area contributed by atoms with Crippen molar-refractivity contribution in [1.29, 1.82) is 0 Å². The van der Waals surface area contributed by atoms with Gasteiger partial charge in [0, 0.05) is 24.3 Å². The molecule has 3 nitrogen and oxygen atoms in total. The van der Waals surface area contributed by atoms with Crippen molar-refractivity contribution in [2.75, 3.05) is 7.11 Å². The summed E-state index contributed by atoms with van der Waals surface area (Å²) >= 11 is 0. The predicted octanol–water partition coefficient (Wildman–Crippen LogP) is 3.65. The van der Waals surface area contributed by atoms with Crippen LogP contribution in [0.5, 0.6) is 5.88 Å². The molecule has 1 atom stereocenters. The third-order valence-corrected chi connectivity index (χ3v) is 4.20. The summed E-state index contributed by atoms with van der Waals surface area (Å²) in [5.41, 5.74) is 4.06. The summed E-state index contributed by atoms with van der Waals surface area (Å²) in [6.45, 7) is 0.788. The zero-order chi connectivity index (χ0) is 14.5. The molecule has 3 heteroatoms. The van der Waals surface area contributed by atoms with Gasteiger partial charge in [-0.2, -0.15) is 0 Å². The Bertz CT molecular complexity index is 597. The first kappa shape index (κ1) is 14.1. The van der Waals surface area contributed by atoms with Gasteiger partial charge in [0.15, 0.2) is 0 Å². The number of benzene rings is 1. The maximum absolute atomic E-state index is 5.33. The molecule has 110 valence electrons. The minimum atomic E-state index is 0.425. The Morgan fingerprint density at radius 3 is 3.00 bits per heavy atom. The van der Waals surface area contributed by atoms with Gasteiger partial charge in [0.2, 0.25) is 5.88 Å². The number of hydrogen-bond acceptors (Lipinski definition) is 3. The third kappa shape index (κ3) is 3.24. The van der Waals surface area contributed by atoms with Crippen LogP contribution in [0.15, 0.2) is 42.6 Å². The molecule has 0 saturated heterocycles. The van der Waals surface area contributed by atoms with Gasteiger partial charge in [-0.25, -0.2) is 4.98 Å². The summed E-state index contributed by atoms with van der Waals surface area (Å²) in [5, 5.41) is 3.69. The molecule has 0 amide bonds. The lowest BCUT2D eigenvalue weighted by Crippen LogP contribution is -2.21. The van der Waals surface area contributed by atoms with Crippen LogP contribution in [0.3, 0.4) is 0 Å². The topological polar surface area (TPSA) is 34.1 Å². The molecule has 21 heavy (non-hydrogen) atoms. The van der Waals surface area contributed by atoms with E-state index < -0.39 is 0 Å². The molecule has 0 saturated carbocycles. The fourth-order valence-corrected chi connectivity index (χ4v) is 3.11. The fourth-order valence-electron chi connectivity index (χ4n) is 3.11. The van der Waals surface area contributed by atoms with Gasteiger partial charge in [0.1, 0.15) is 0 Å². The first-order valence-electron chi connectivity index (χ1n) is 7.67. The van der Waals surface area contributed by atoms with E-state index in [9.17, 15) is 0 Å². The number of aryl methyl sites for hydroxylation is 1. The Balaban J connectivity index is 1.76. The molecule has 1 unspecified atom stereocenters. The average Bonchev–Trinajstić information content (AvgIpc) is 2.75. The highest BCUT2D eigenvalue weighted by Gasteiger charge is 2.18. The lowest BCUT2D eigenvalue weighted by Gasteiger charge is -2.20. The van der Waals surface area contributed by atoms with Crippen LogP contribution in [-0.4, -0.2) is 12.1 Å². The molecule has 3 rings (SSSR count). The minimum absolute atomic E-state index is 0.425. The Morgan fingerprint density at radius 1 is 1.19 bits per heavy atom. The van der Waals surface area contributed by atoms with Crippen LogP contribution in [0.1, 0.15) is 42.0 Å². The quantitative estimate of drug-likeness (QED) is 0.869. The molecular formula is C18H22N2O. The molecule has 1 aliphatic rings. The number of hydrogen-bond donors (Lipinski definition) is 1. The highest BCUT2D eigenvalue weighted by atomic mass is 16.5. The summed E-state index contributed by atoms with van der Waals surface area (Å²) in [6, 6.07) is 13.3. The number of ether oxygens (including phenoxy) is 1. The van der Waals surface area contributed by atoms with Gasteiger partial charge >= 0.3 is 0 Å². The molecule has 0 fully saturated rings. The van der Waals surface area contributed by atoms with Crippen molar-refractivity contribution in [2.24, 2.45) is 0 Å². The maximum Gasteiger partial charge on any atom is 0.217 e. The predicted molar refractivity (Wildman–Crippen MR) is 84.4 cm³/mol. The molecule has 1 aliphatic carbocycles. The molecule has 0 bridgehead atoms. The zero-order valence-corrected chi connectivity index (χ0v) is 12.5. The van der Waals surface area contributed by atoms with E-state index in [2.05, 4.69) is 40.6 Å². The monoisotopic (exact) mass is 282 g/mol. The van der Waals surface area contributed by atoms with Gasteiger partial charge in [-0.3, -0.25) is 0 Å². The molecular weight excluding hydrogens is 260 g/mol. The second-order valence-electron chi connectivity index (χ2n) is 5.55. The smallest absolute Gasteiger partial charge is 0.217 e.